The number of nitrogens with zero attached hydrogens (tertiary/aromatic N) is 3. The first kappa shape index (κ1) is 36.3. The molecule has 12 nitrogen and oxygen atoms in total. The third kappa shape index (κ3) is 9.99. The van der Waals surface area contributed by atoms with Crippen LogP contribution >= 0.6 is 23.2 Å². The van der Waals surface area contributed by atoms with Crippen LogP contribution in [0.25, 0.3) is 5.69 Å². The molecule has 1 heterocycles. The molecule has 2 N–H and O–H groups in total. The maximum atomic E-state index is 13.1. The number of carbonyl (C=O) groups excluding carboxylic acids is 1. The van der Waals surface area contributed by atoms with Gasteiger partial charge in [0.25, 0.3) is 5.56 Å². The average molecular weight is 729 g/mol. The Labute approximate surface area is 282 Å². The van der Waals surface area contributed by atoms with Crippen molar-refractivity contribution in [2.75, 3.05) is 24.4 Å². The lowest BCUT2D eigenvalue weighted by atomic mass is 10.2. The van der Waals surface area contributed by atoms with Gasteiger partial charge in [-0.2, -0.15) is 9.78 Å². The summed E-state index contributed by atoms with van der Waals surface area (Å²) in [5.74, 6) is -0.00468. The van der Waals surface area contributed by atoms with Gasteiger partial charge in [0, 0.05) is 26.4 Å². The minimum Gasteiger partial charge on any atom is -0.495 e. The lowest BCUT2D eigenvalue weighted by Crippen LogP contribution is -2.41. The van der Waals surface area contributed by atoms with Gasteiger partial charge in [0.2, 0.25) is 0 Å². The zero-order valence-corrected chi connectivity index (χ0v) is 28.5. The quantitative estimate of drug-likeness (QED) is 0.114. The minimum absolute atomic E-state index is 0.00337. The predicted molar refractivity (Wildman–Crippen MR) is 177 cm³/mol. The van der Waals surface area contributed by atoms with Crippen molar-refractivity contribution in [3.63, 3.8) is 0 Å². The number of ether oxygens (including phenoxy) is 4. The van der Waals surface area contributed by atoms with Crippen molar-refractivity contribution in [1.29, 1.82) is 0 Å². The van der Waals surface area contributed by atoms with Crippen LogP contribution in [0.1, 0.15) is 0 Å². The third-order valence-electron chi connectivity index (χ3n) is 6.39. The number of anilines is 2. The van der Waals surface area contributed by atoms with E-state index in [1.807, 2.05) is 0 Å². The molecular formula is C30H30Cl2F3N5O7Si. The number of rotatable bonds is 12. The maximum Gasteiger partial charge on any atom is 0.573 e. The van der Waals surface area contributed by atoms with E-state index in [1.54, 1.807) is 0 Å². The average Bonchev–Trinajstić information content (AvgIpc) is 2.98. The summed E-state index contributed by atoms with van der Waals surface area (Å²) in [6.07, 6.45) is -3.87. The number of hydrogen-bond donors (Lipinski definition) is 2. The van der Waals surface area contributed by atoms with Crippen molar-refractivity contribution in [2.24, 2.45) is 0 Å². The second-order valence-electron chi connectivity index (χ2n) is 11.3. The van der Waals surface area contributed by atoms with Gasteiger partial charge >= 0.3 is 18.1 Å². The van der Waals surface area contributed by atoms with Gasteiger partial charge in [-0.25, -0.2) is 14.2 Å². The number of amides is 2. The molecule has 1 aromatic heterocycles. The molecule has 0 radical (unpaired) electrons. The first-order valence-electron chi connectivity index (χ1n) is 14.1. The Morgan fingerprint density at radius 3 is 2.21 bits per heavy atom. The first-order chi connectivity index (χ1) is 22.5. The number of halogens is 5. The van der Waals surface area contributed by atoms with E-state index < -0.39 is 37.5 Å². The molecular weight excluding hydrogens is 698 g/mol. The van der Waals surface area contributed by atoms with Gasteiger partial charge in [0.05, 0.1) is 28.5 Å². The molecule has 48 heavy (non-hydrogen) atoms. The summed E-state index contributed by atoms with van der Waals surface area (Å²) in [4.78, 5) is 38.1. The SMILES string of the molecule is COc1ccc(Oc2c(Cl)cc(-n3ncc(=O)n(COCC[Si](C)(C)C)c3=O)cc2Cl)cc1NC(=O)Nc1ccc(OC(F)(F)F)cc1. The van der Waals surface area contributed by atoms with Gasteiger partial charge in [-0.3, -0.25) is 4.79 Å². The molecule has 4 aromatic rings. The van der Waals surface area contributed by atoms with Crippen LogP contribution in [0.5, 0.6) is 23.0 Å². The largest absolute Gasteiger partial charge is 0.573 e. The van der Waals surface area contributed by atoms with Crippen molar-refractivity contribution >= 4 is 48.7 Å². The van der Waals surface area contributed by atoms with E-state index in [9.17, 15) is 27.6 Å². The van der Waals surface area contributed by atoms with Crippen LogP contribution in [-0.4, -0.2) is 48.5 Å². The number of methoxy groups -OCH3 is 1. The van der Waals surface area contributed by atoms with E-state index in [0.29, 0.717) is 6.61 Å². The number of urea groups is 1. The van der Waals surface area contributed by atoms with Crippen LogP contribution < -0.4 is 36.1 Å². The van der Waals surface area contributed by atoms with Gasteiger partial charge < -0.3 is 29.6 Å². The number of carbonyl (C=O) groups is 1. The highest BCUT2D eigenvalue weighted by molar-refractivity contribution is 6.76. The van der Waals surface area contributed by atoms with Crippen LogP contribution in [0.15, 0.2) is 70.4 Å². The van der Waals surface area contributed by atoms with Crippen molar-refractivity contribution in [1.82, 2.24) is 14.3 Å². The Kier molecular flexibility index (Phi) is 11.5. The van der Waals surface area contributed by atoms with Gasteiger partial charge in [0.15, 0.2) is 5.75 Å². The fraction of sp³-hybridized carbons (Fsp3) is 0.267. The standard InChI is InChI=1S/C30H30Cl2F3N5O7Si/c1-44-25-10-9-21(15-24(25)38-28(42)37-18-5-7-20(8-6-18)47-30(33,34)35)46-27-22(31)13-19(14-23(27)32)40-29(43)39(26(41)16-36-40)17-45-11-12-48(2,3)4/h5-10,13-16H,11-12,17H2,1-4H3,(H2,37,38,42). The number of alkyl halides is 3. The lowest BCUT2D eigenvalue weighted by molar-refractivity contribution is -0.274. The van der Waals surface area contributed by atoms with Crippen molar-refractivity contribution in [3.8, 4) is 28.7 Å². The second kappa shape index (κ2) is 15.1. The third-order valence-corrected chi connectivity index (χ3v) is 8.66. The molecule has 0 unspecified atom stereocenters. The highest BCUT2D eigenvalue weighted by atomic mass is 35.5. The summed E-state index contributed by atoms with van der Waals surface area (Å²) < 4.78 is 59.7. The topological polar surface area (TPSA) is 135 Å². The Hall–Kier alpha value is -4.51. The summed E-state index contributed by atoms with van der Waals surface area (Å²) in [5, 5.41) is 8.99. The van der Waals surface area contributed by atoms with Crippen molar-refractivity contribution in [3.05, 3.63) is 91.7 Å². The molecule has 0 aliphatic carbocycles. The normalized spacial score (nSPS) is 11.6. The Balaban J connectivity index is 1.50. The van der Waals surface area contributed by atoms with Gasteiger partial charge in [-0.05, 0) is 54.6 Å². The fourth-order valence-electron chi connectivity index (χ4n) is 4.02. The molecule has 0 aliphatic heterocycles. The highest BCUT2D eigenvalue weighted by Crippen LogP contribution is 2.40. The minimum atomic E-state index is -4.85. The summed E-state index contributed by atoms with van der Waals surface area (Å²) in [6, 6.07) is 11.9. The van der Waals surface area contributed by atoms with E-state index in [0.717, 1.165) is 33.6 Å². The summed E-state index contributed by atoms with van der Waals surface area (Å²) >= 11 is 13.0. The number of nitrogens with one attached hydrogen (secondary N) is 2. The van der Waals surface area contributed by atoms with Gasteiger partial charge in [-0.15, -0.1) is 13.2 Å². The highest BCUT2D eigenvalue weighted by Gasteiger charge is 2.31. The monoisotopic (exact) mass is 727 g/mol. The van der Waals surface area contributed by atoms with E-state index in [1.165, 1.54) is 49.6 Å². The van der Waals surface area contributed by atoms with E-state index in [-0.39, 0.29) is 51.1 Å². The van der Waals surface area contributed by atoms with E-state index >= 15 is 0 Å². The summed E-state index contributed by atoms with van der Waals surface area (Å²) in [5.41, 5.74) is -0.882. The molecule has 4 rings (SSSR count). The molecule has 0 bridgehead atoms. The molecule has 0 saturated carbocycles. The first-order valence-corrected chi connectivity index (χ1v) is 18.6. The Bertz CT molecular complexity index is 1880. The van der Waals surface area contributed by atoms with Gasteiger partial charge in [0.1, 0.15) is 30.2 Å². The van der Waals surface area contributed by atoms with E-state index in [4.69, 9.17) is 37.4 Å². The smallest absolute Gasteiger partial charge is 0.495 e. The molecule has 0 saturated heterocycles. The molecule has 2 amide bonds. The predicted octanol–water partition coefficient (Wildman–Crippen LogP) is 7.36. The Morgan fingerprint density at radius 1 is 0.958 bits per heavy atom. The van der Waals surface area contributed by atoms with Crippen LogP contribution in [-0.2, 0) is 11.5 Å². The number of aromatic nitrogens is 3. The van der Waals surface area contributed by atoms with Crippen LogP contribution in [0.3, 0.4) is 0 Å². The fourth-order valence-corrected chi connectivity index (χ4v) is 5.33. The molecule has 0 atom stereocenters. The molecule has 0 fully saturated rings. The molecule has 18 heteroatoms. The number of hydrogen-bond acceptors (Lipinski definition) is 8. The van der Waals surface area contributed by atoms with Crippen LogP contribution in [0, 0.1) is 0 Å². The lowest BCUT2D eigenvalue weighted by Gasteiger charge is -2.16. The zero-order chi connectivity index (χ0) is 35.2. The second-order valence-corrected chi connectivity index (χ2v) is 17.7. The summed E-state index contributed by atoms with van der Waals surface area (Å²) in [7, 11) is 0.00138. The zero-order valence-electron chi connectivity index (χ0n) is 26.0. The number of benzene rings is 3. The maximum absolute atomic E-state index is 13.1. The molecule has 3 aromatic carbocycles. The van der Waals surface area contributed by atoms with Gasteiger partial charge in [-0.1, -0.05) is 42.8 Å². The Morgan fingerprint density at radius 2 is 1.60 bits per heavy atom. The molecule has 256 valence electrons. The van der Waals surface area contributed by atoms with Crippen molar-refractivity contribution in [2.45, 2.75) is 38.8 Å². The van der Waals surface area contributed by atoms with Crippen LogP contribution in [0.2, 0.25) is 35.7 Å². The van der Waals surface area contributed by atoms with E-state index in [2.05, 4.69) is 40.1 Å². The van der Waals surface area contributed by atoms with Crippen molar-refractivity contribution < 1.29 is 36.9 Å². The summed E-state index contributed by atoms with van der Waals surface area (Å²) in [6.45, 7) is 6.70. The van der Waals surface area contributed by atoms with Crippen LogP contribution in [0.4, 0.5) is 29.3 Å². The molecule has 0 aliphatic rings. The molecule has 0 spiro atoms.